The summed E-state index contributed by atoms with van der Waals surface area (Å²) < 4.78 is 5.54. The molecule has 0 saturated heterocycles. The van der Waals surface area contributed by atoms with E-state index in [0.29, 0.717) is 25.4 Å². The van der Waals surface area contributed by atoms with Gasteiger partial charge < -0.3 is 15.4 Å². The summed E-state index contributed by atoms with van der Waals surface area (Å²) in [7, 11) is 1.98. The number of hydrogen-bond donors (Lipinski definition) is 1. The maximum Gasteiger partial charge on any atom is 0.191 e. The Morgan fingerprint density at radius 1 is 1.29 bits per heavy atom. The topological polar surface area (TPSA) is 110 Å². The summed E-state index contributed by atoms with van der Waals surface area (Å²) in [6.45, 7) is 5.35. The first-order chi connectivity index (χ1) is 13.5. The lowest BCUT2D eigenvalue weighted by atomic mass is 9.58. The van der Waals surface area contributed by atoms with Crippen LogP contribution < -0.4 is 10.5 Å². The number of nitriles is 3. The van der Waals surface area contributed by atoms with Gasteiger partial charge in [0.1, 0.15) is 18.4 Å². The fourth-order valence-corrected chi connectivity index (χ4v) is 4.13. The van der Waals surface area contributed by atoms with Crippen LogP contribution in [0.4, 0.5) is 0 Å². The Bertz CT molecular complexity index is 954. The van der Waals surface area contributed by atoms with Gasteiger partial charge in [0.05, 0.1) is 23.4 Å². The third-order valence-corrected chi connectivity index (χ3v) is 5.45. The van der Waals surface area contributed by atoms with E-state index in [1.807, 2.05) is 37.4 Å². The number of nitrogens with two attached hydrogens (primary N) is 1. The zero-order valence-electron chi connectivity index (χ0n) is 15.7. The van der Waals surface area contributed by atoms with Crippen molar-refractivity contribution in [3.05, 3.63) is 65.4 Å². The minimum atomic E-state index is -1.60. The highest BCUT2D eigenvalue weighted by Crippen LogP contribution is 2.54. The summed E-state index contributed by atoms with van der Waals surface area (Å²) in [6.07, 6.45) is 3.64. The molecule has 28 heavy (non-hydrogen) atoms. The van der Waals surface area contributed by atoms with Crippen molar-refractivity contribution in [3.8, 4) is 24.0 Å². The Kier molecular flexibility index (Phi) is 5.23. The average Bonchev–Trinajstić information content (AvgIpc) is 2.72. The molecule has 0 radical (unpaired) electrons. The molecule has 140 valence electrons. The number of benzene rings is 1. The largest absolute Gasteiger partial charge is 0.490 e. The van der Waals surface area contributed by atoms with Crippen LogP contribution in [0.2, 0.25) is 0 Å². The maximum absolute atomic E-state index is 10.0. The summed E-state index contributed by atoms with van der Waals surface area (Å²) >= 11 is 0. The Balaban J connectivity index is 2.18. The van der Waals surface area contributed by atoms with Crippen LogP contribution in [0.25, 0.3) is 0 Å². The molecule has 1 aromatic carbocycles. The average molecular weight is 371 g/mol. The summed E-state index contributed by atoms with van der Waals surface area (Å²) in [4.78, 5) is 2.11. The monoisotopic (exact) mass is 371 g/mol. The molecule has 1 heterocycles. The first-order valence-electron chi connectivity index (χ1n) is 8.97. The van der Waals surface area contributed by atoms with E-state index in [2.05, 4.69) is 29.7 Å². The molecule has 0 fully saturated rings. The molecule has 6 nitrogen and oxygen atoms in total. The molecule has 2 atom stereocenters. The third-order valence-electron chi connectivity index (χ3n) is 5.45. The van der Waals surface area contributed by atoms with Crippen LogP contribution in [0.3, 0.4) is 0 Å². The minimum Gasteiger partial charge on any atom is -0.490 e. The SMILES string of the molecule is C=CCOc1ccc([C@H]2[C@H]3CN(C)CC=C3C(C#N)=C(N)C2(C#N)C#N)cc1. The smallest absolute Gasteiger partial charge is 0.191 e. The lowest BCUT2D eigenvalue weighted by Gasteiger charge is -2.45. The molecule has 0 aromatic heterocycles. The van der Waals surface area contributed by atoms with E-state index in [1.165, 1.54) is 0 Å². The van der Waals surface area contributed by atoms with E-state index in [4.69, 9.17) is 10.5 Å². The zero-order chi connectivity index (χ0) is 20.3. The Hall–Kier alpha value is -3.53. The highest BCUT2D eigenvalue weighted by atomic mass is 16.5. The van der Waals surface area contributed by atoms with Gasteiger partial charge in [-0.15, -0.1) is 0 Å². The van der Waals surface area contributed by atoms with E-state index in [1.54, 1.807) is 6.08 Å². The molecule has 1 aromatic rings. The van der Waals surface area contributed by atoms with Crippen molar-refractivity contribution in [1.82, 2.24) is 4.90 Å². The van der Waals surface area contributed by atoms with Gasteiger partial charge in [0.25, 0.3) is 0 Å². The van der Waals surface area contributed by atoms with E-state index in [9.17, 15) is 15.8 Å². The normalized spacial score (nSPS) is 23.4. The molecule has 2 aliphatic rings. The van der Waals surface area contributed by atoms with Gasteiger partial charge in [-0.25, -0.2) is 0 Å². The van der Waals surface area contributed by atoms with Gasteiger partial charge in [-0.1, -0.05) is 30.9 Å². The van der Waals surface area contributed by atoms with E-state index >= 15 is 0 Å². The molecular weight excluding hydrogens is 350 g/mol. The minimum absolute atomic E-state index is 0.0454. The first kappa shape index (κ1) is 19.2. The van der Waals surface area contributed by atoms with Gasteiger partial charge in [0.2, 0.25) is 0 Å². The number of likely N-dealkylation sites (N-methyl/N-ethyl adjacent to an activating group) is 1. The molecule has 1 aliphatic carbocycles. The zero-order valence-corrected chi connectivity index (χ0v) is 15.7. The number of nitrogens with zero attached hydrogens (tertiary/aromatic N) is 4. The molecular formula is C22H21N5O. The van der Waals surface area contributed by atoms with Crippen molar-refractivity contribution in [2.24, 2.45) is 17.1 Å². The van der Waals surface area contributed by atoms with Gasteiger partial charge >= 0.3 is 0 Å². The molecule has 1 aliphatic heterocycles. The van der Waals surface area contributed by atoms with Gasteiger partial charge in [0.15, 0.2) is 5.41 Å². The number of rotatable bonds is 4. The van der Waals surface area contributed by atoms with Crippen molar-refractivity contribution >= 4 is 0 Å². The van der Waals surface area contributed by atoms with E-state index < -0.39 is 11.3 Å². The second-order valence-corrected chi connectivity index (χ2v) is 7.07. The van der Waals surface area contributed by atoms with Crippen LogP contribution in [0, 0.1) is 45.3 Å². The Morgan fingerprint density at radius 3 is 2.54 bits per heavy atom. The highest BCUT2D eigenvalue weighted by molar-refractivity contribution is 5.59. The van der Waals surface area contributed by atoms with Gasteiger partial charge in [-0.05, 0) is 30.3 Å². The van der Waals surface area contributed by atoms with Gasteiger partial charge in [-0.2, -0.15) is 15.8 Å². The molecule has 0 amide bonds. The first-order valence-corrected chi connectivity index (χ1v) is 8.97. The van der Waals surface area contributed by atoms with E-state index in [0.717, 1.165) is 11.1 Å². The van der Waals surface area contributed by atoms with Crippen LogP contribution in [0.15, 0.2) is 59.8 Å². The number of hydrogen-bond acceptors (Lipinski definition) is 6. The second-order valence-electron chi connectivity index (χ2n) is 7.07. The van der Waals surface area contributed by atoms with Crippen LogP contribution in [0.5, 0.6) is 5.75 Å². The molecule has 3 rings (SSSR count). The predicted octanol–water partition coefficient (Wildman–Crippen LogP) is 2.61. The standard InChI is InChI=1S/C22H21N5O/c1-3-10-28-16-6-4-15(5-7-16)20-19-12-27(2)9-8-17(19)18(11-23)21(26)22(20,13-24)14-25/h3-8,19-20H,1,9-10,12,26H2,2H3/t19-,20-/m0/s1. The quantitative estimate of drug-likeness (QED) is 0.815. The van der Waals surface area contributed by atoms with E-state index in [-0.39, 0.29) is 17.2 Å². The van der Waals surface area contributed by atoms with Gasteiger partial charge in [0, 0.05) is 24.9 Å². The summed E-state index contributed by atoms with van der Waals surface area (Å²) in [5.74, 6) is 0.0127. The molecule has 0 saturated carbocycles. The lowest BCUT2D eigenvalue weighted by molar-refractivity contribution is 0.237. The van der Waals surface area contributed by atoms with Crippen molar-refractivity contribution in [1.29, 1.82) is 15.8 Å². The predicted molar refractivity (Wildman–Crippen MR) is 104 cm³/mol. The van der Waals surface area contributed by atoms with Crippen molar-refractivity contribution < 1.29 is 4.74 Å². The van der Waals surface area contributed by atoms with Crippen molar-refractivity contribution in [3.63, 3.8) is 0 Å². The number of fused-ring (bicyclic) bond motifs is 1. The summed E-state index contributed by atoms with van der Waals surface area (Å²) in [5, 5.41) is 29.7. The molecule has 2 N–H and O–H groups in total. The second kappa shape index (κ2) is 7.61. The van der Waals surface area contributed by atoms with Crippen molar-refractivity contribution in [2.75, 3.05) is 26.7 Å². The Labute approximate surface area is 165 Å². The summed E-state index contributed by atoms with van der Waals surface area (Å²) in [6, 6.07) is 13.8. The Morgan fingerprint density at radius 2 is 1.96 bits per heavy atom. The number of allylic oxidation sites excluding steroid dienone is 2. The highest BCUT2D eigenvalue weighted by Gasteiger charge is 2.54. The maximum atomic E-state index is 10.0. The van der Waals surface area contributed by atoms with Crippen molar-refractivity contribution in [2.45, 2.75) is 5.92 Å². The lowest BCUT2D eigenvalue weighted by Crippen LogP contribution is -2.47. The third kappa shape index (κ3) is 2.93. The molecule has 6 heteroatoms. The molecule has 0 spiro atoms. The fraction of sp³-hybridized carbons (Fsp3) is 0.318. The fourth-order valence-electron chi connectivity index (χ4n) is 4.13. The van der Waals surface area contributed by atoms with Gasteiger partial charge in [-0.3, -0.25) is 0 Å². The van der Waals surface area contributed by atoms with Crippen LogP contribution in [-0.4, -0.2) is 31.6 Å². The number of ether oxygens (including phenoxy) is 1. The summed E-state index contributed by atoms with van der Waals surface area (Å²) in [5.41, 5.74) is 6.64. The van der Waals surface area contributed by atoms with Crippen LogP contribution in [-0.2, 0) is 0 Å². The molecule has 0 unspecified atom stereocenters. The van der Waals surface area contributed by atoms with Crippen LogP contribution >= 0.6 is 0 Å². The molecule has 0 bridgehead atoms. The van der Waals surface area contributed by atoms with Crippen LogP contribution in [0.1, 0.15) is 11.5 Å².